The molecule has 4 rings (SSSR count). The summed E-state index contributed by atoms with van der Waals surface area (Å²) in [6, 6.07) is 0. The first kappa shape index (κ1) is 19.8. The molecule has 0 spiro atoms. The number of carboxylic acid groups (broad SMARTS) is 1. The molecular formula is C22H29FO5. The fourth-order valence-electron chi connectivity index (χ4n) is 7.38. The number of carbonyl (C=O) groups is 2. The van der Waals surface area contributed by atoms with Gasteiger partial charge in [0.15, 0.2) is 17.1 Å². The number of alkyl halides is 1. The number of aliphatic hydroxyl groups excluding tert-OH is 1. The molecule has 3 N–H and O–H groups in total. The van der Waals surface area contributed by atoms with Gasteiger partial charge in [0.1, 0.15) is 0 Å². The molecule has 28 heavy (non-hydrogen) atoms. The van der Waals surface area contributed by atoms with E-state index in [-0.39, 0.29) is 18.1 Å². The summed E-state index contributed by atoms with van der Waals surface area (Å²) in [5.74, 6) is -2.94. The summed E-state index contributed by atoms with van der Waals surface area (Å²) in [6.07, 6.45) is 2.75. The Morgan fingerprint density at radius 1 is 1.25 bits per heavy atom. The number of ketones is 1. The first-order chi connectivity index (χ1) is 12.8. The third-order valence-corrected chi connectivity index (χ3v) is 9.06. The van der Waals surface area contributed by atoms with Gasteiger partial charge >= 0.3 is 5.97 Å². The average molecular weight is 392 g/mol. The van der Waals surface area contributed by atoms with E-state index in [2.05, 4.69) is 0 Å². The van der Waals surface area contributed by atoms with Crippen LogP contribution in [0.25, 0.3) is 0 Å². The first-order valence-corrected chi connectivity index (χ1v) is 10.1. The van der Waals surface area contributed by atoms with E-state index in [1.54, 1.807) is 27.7 Å². The molecule has 5 nitrogen and oxygen atoms in total. The van der Waals surface area contributed by atoms with E-state index in [9.17, 15) is 24.9 Å². The normalized spacial score (nSPS) is 52.9. The molecule has 8 atom stereocenters. The summed E-state index contributed by atoms with van der Waals surface area (Å²) < 4.78 is 17.0. The zero-order chi connectivity index (χ0) is 20.9. The second kappa shape index (κ2) is 5.54. The highest BCUT2D eigenvalue weighted by molar-refractivity contribution is 6.02. The van der Waals surface area contributed by atoms with Gasteiger partial charge in [-0.3, -0.25) is 4.79 Å². The molecule has 3 fully saturated rings. The largest absolute Gasteiger partial charge is 0.479 e. The van der Waals surface area contributed by atoms with Crippen LogP contribution in [0.3, 0.4) is 0 Å². The number of hydrogen-bond acceptors (Lipinski definition) is 4. The van der Waals surface area contributed by atoms with Gasteiger partial charge in [0.25, 0.3) is 0 Å². The Hall–Kier alpha value is -1.53. The number of allylic oxidation sites excluding steroid dienone is 4. The number of aliphatic carboxylic acids is 1. The molecule has 5 unspecified atom stereocenters. The van der Waals surface area contributed by atoms with Crippen LogP contribution in [0.15, 0.2) is 23.3 Å². The minimum absolute atomic E-state index is 0.123. The first-order valence-electron chi connectivity index (χ1n) is 10.1. The van der Waals surface area contributed by atoms with Gasteiger partial charge in [-0.15, -0.1) is 0 Å². The SMILES string of the molecule is CC1=CC(=O)C=C2CCC3C4C[C@H](C)[C@](O)(C(=O)O)C4(C)C[C@H](O)C3(F)C12C. The molecule has 6 heteroatoms. The van der Waals surface area contributed by atoms with Crippen molar-refractivity contribution in [2.45, 2.75) is 70.8 Å². The van der Waals surface area contributed by atoms with Crippen molar-refractivity contribution in [3.05, 3.63) is 23.3 Å². The number of carboxylic acids is 1. The van der Waals surface area contributed by atoms with Crippen LogP contribution in [0.4, 0.5) is 4.39 Å². The van der Waals surface area contributed by atoms with Gasteiger partial charge in [-0.05, 0) is 63.5 Å². The van der Waals surface area contributed by atoms with Crippen LogP contribution < -0.4 is 0 Å². The Bertz CT molecular complexity index is 833. The summed E-state index contributed by atoms with van der Waals surface area (Å²) >= 11 is 0. The summed E-state index contributed by atoms with van der Waals surface area (Å²) in [4.78, 5) is 24.1. The number of halogens is 1. The molecule has 0 amide bonds. The van der Waals surface area contributed by atoms with E-state index in [0.29, 0.717) is 30.4 Å². The van der Waals surface area contributed by atoms with Gasteiger partial charge in [0.05, 0.1) is 6.10 Å². The second-order valence-electron chi connectivity index (χ2n) is 9.89. The monoisotopic (exact) mass is 392 g/mol. The molecular weight excluding hydrogens is 363 g/mol. The average Bonchev–Trinajstić information content (AvgIpc) is 2.79. The smallest absolute Gasteiger partial charge is 0.336 e. The van der Waals surface area contributed by atoms with Crippen LogP contribution >= 0.6 is 0 Å². The standard InChI is InChI=1S/C22H29FO5/c1-11-7-14(24)9-13-5-6-15-16-8-12(2)22(28,18(26)27)19(16,3)10-17(25)21(15,23)20(11,13)4/h7,9,12,15-17,25,28H,5-6,8,10H2,1-4H3,(H,26,27)/t12-,15?,16?,17-,19?,20?,21?,22-/m0/s1. The molecule has 0 aliphatic heterocycles. The highest BCUT2D eigenvalue weighted by Crippen LogP contribution is 2.71. The predicted molar refractivity (Wildman–Crippen MR) is 100 cm³/mol. The van der Waals surface area contributed by atoms with Crippen LogP contribution in [-0.2, 0) is 9.59 Å². The molecule has 0 radical (unpaired) electrons. The molecule has 0 saturated heterocycles. The lowest BCUT2D eigenvalue weighted by molar-refractivity contribution is -0.226. The Labute approximate surface area is 164 Å². The lowest BCUT2D eigenvalue weighted by Crippen LogP contribution is -2.69. The van der Waals surface area contributed by atoms with Crippen molar-refractivity contribution in [1.29, 1.82) is 0 Å². The summed E-state index contributed by atoms with van der Waals surface area (Å²) in [6.45, 7) is 6.89. The van der Waals surface area contributed by atoms with Crippen LogP contribution in [0.2, 0.25) is 0 Å². The van der Waals surface area contributed by atoms with Crippen molar-refractivity contribution >= 4 is 11.8 Å². The van der Waals surface area contributed by atoms with E-state index >= 15 is 4.39 Å². The van der Waals surface area contributed by atoms with Crippen LogP contribution in [0.5, 0.6) is 0 Å². The number of aliphatic hydroxyl groups is 2. The molecule has 4 aliphatic carbocycles. The Balaban J connectivity index is 1.88. The number of carbonyl (C=O) groups excluding carboxylic acids is 1. The third kappa shape index (κ3) is 1.89. The topological polar surface area (TPSA) is 94.8 Å². The number of hydrogen-bond donors (Lipinski definition) is 3. The molecule has 0 aromatic heterocycles. The lowest BCUT2D eigenvalue weighted by Gasteiger charge is -2.63. The van der Waals surface area contributed by atoms with Crippen molar-refractivity contribution in [1.82, 2.24) is 0 Å². The minimum Gasteiger partial charge on any atom is -0.479 e. The highest BCUT2D eigenvalue weighted by atomic mass is 19.1. The lowest BCUT2D eigenvalue weighted by atomic mass is 9.43. The zero-order valence-electron chi connectivity index (χ0n) is 16.8. The van der Waals surface area contributed by atoms with E-state index in [4.69, 9.17) is 0 Å². The molecule has 4 aliphatic rings. The van der Waals surface area contributed by atoms with E-state index in [1.165, 1.54) is 12.2 Å². The number of fused-ring (bicyclic) bond motifs is 5. The third-order valence-electron chi connectivity index (χ3n) is 9.06. The van der Waals surface area contributed by atoms with Gasteiger partial charge in [0.2, 0.25) is 0 Å². The summed E-state index contributed by atoms with van der Waals surface area (Å²) in [5.41, 5.74) is -4.91. The van der Waals surface area contributed by atoms with Gasteiger partial charge in [-0.2, -0.15) is 0 Å². The molecule has 154 valence electrons. The summed E-state index contributed by atoms with van der Waals surface area (Å²) in [5, 5.41) is 32.1. The van der Waals surface area contributed by atoms with Crippen molar-refractivity contribution in [3.8, 4) is 0 Å². The molecule has 0 heterocycles. The van der Waals surface area contributed by atoms with Crippen molar-refractivity contribution < 1.29 is 29.3 Å². The fourth-order valence-corrected chi connectivity index (χ4v) is 7.38. The summed E-state index contributed by atoms with van der Waals surface area (Å²) in [7, 11) is 0. The van der Waals surface area contributed by atoms with Crippen molar-refractivity contribution in [3.63, 3.8) is 0 Å². The highest BCUT2D eigenvalue weighted by Gasteiger charge is 2.76. The van der Waals surface area contributed by atoms with E-state index in [1.807, 2.05) is 0 Å². The maximum absolute atomic E-state index is 17.0. The van der Waals surface area contributed by atoms with Crippen LogP contribution in [0.1, 0.15) is 53.4 Å². The zero-order valence-corrected chi connectivity index (χ0v) is 16.8. The minimum atomic E-state index is -2.01. The van der Waals surface area contributed by atoms with Gasteiger partial charge < -0.3 is 15.3 Å². The molecule has 0 aromatic carbocycles. The van der Waals surface area contributed by atoms with E-state index < -0.39 is 46.0 Å². The Kier molecular flexibility index (Phi) is 3.91. The van der Waals surface area contributed by atoms with Crippen molar-refractivity contribution in [2.24, 2.45) is 28.6 Å². The van der Waals surface area contributed by atoms with E-state index in [0.717, 1.165) is 0 Å². The van der Waals surface area contributed by atoms with Crippen molar-refractivity contribution in [2.75, 3.05) is 0 Å². The van der Waals surface area contributed by atoms with Gasteiger partial charge in [0, 0.05) is 16.7 Å². The molecule has 0 bridgehead atoms. The second-order valence-corrected chi connectivity index (χ2v) is 9.89. The maximum atomic E-state index is 17.0. The van der Waals surface area contributed by atoms with Gasteiger partial charge in [-0.25, -0.2) is 9.18 Å². The Morgan fingerprint density at radius 2 is 1.89 bits per heavy atom. The fraction of sp³-hybridized carbons (Fsp3) is 0.727. The van der Waals surface area contributed by atoms with Gasteiger partial charge in [-0.1, -0.05) is 25.0 Å². The Morgan fingerprint density at radius 3 is 2.50 bits per heavy atom. The number of rotatable bonds is 1. The quantitative estimate of drug-likeness (QED) is 0.638. The predicted octanol–water partition coefficient (Wildman–Crippen LogP) is 2.81. The molecule has 3 saturated carbocycles. The van der Waals surface area contributed by atoms with Crippen LogP contribution in [0, 0.1) is 28.6 Å². The molecule has 0 aromatic rings. The maximum Gasteiger partial charge on any atom is 0.336 e. The van der Waals surface area contributed by atoms with Crippen LogP contribution in [-0.4, -0.2) is 44.4 Å².